The van der Waals surface area contributed by atoms with Gasteiger partial charge in [0.25, 0.3) is 5.91 Å². The second-order valence-electron chi connectivity index (χ2n) is 8.29. The van der Waals surface area contributed by atoms with Crippen molar-refractivity contribution in [1.29, 1.82) is 0 Å². The van der Waals surface area contributed by atoms with Crippen molar-refractivity contribution in [3.8, 4) is 5.75 Å². The third kappa shape index (κ3) is 4.74. The minimum atomic E-state index is -0.609. The number of benzene rings is 1. The minimum absolute atomic E-state index is 0.165. The molecule has 32 heavy (non-hydrogen) atoms. The molecule has 4 rings (SSSR count). The number of rotatable bonds is 9. The van der Waals surface area contributed by atoms with Crippen LogP contribution < -0.4 is 4.74 Å². The summed E-state index contributed by atoms with van der Waals surface area (Å²) in [7, 11) is 0. The number of aliphatic hydroxyl groups is 1. The van der Waals surface area contributed by atoms with Crippen LogP contribution in [0.3, 0.4) is 0 Å². The monoisotopic (exact) mass is 454 g/mol. The van der Waals surface area contributed by atoms with Crippen molar-refractivity contribution >= 4 is 23.0 Å². The van der Waals surface area contributed by atoms with Crippen molar-refractivity contribution in [3.05, 3.63) is 63.6 Å². The zero-order valence-corrected chi connectivity index (χ0v) is 19.3. The number of ketones is 1. The number of piperidine rings is 1. The second kappa shape index (κ2) is 10.3. The van der Waals surface area contributed by atoms with Crippen LogP contribution in [0.4, 0.5) is 0 Å². The smallest absolute Gasteiger partial charge is 0.290 e. The summed E-state index contributed by atoms with van der Waals surface area (Å²) in [5, 5.41) is 12.6. The molecule has 2 aliphatic heterocycles. The van der Waals surface area contributed by atoms with Crippen LogP contribution in [0.1, 0.15) is 53.9 Å². The summed E-state index contributed by atoms with van der Waals surface area (Å²) in [5.74, 6) is -0.446. The number of nitrogens with zero attached hydrogens (tertiary/aromatic N) is 2. The molecule has 1 aromatic carbocycles. The highest BCUT2D eigenvalue weighted by Crippen LogP contribution is 2.39. The van der Waals surface area contributed by atoms with Crippen molar-refractivity contribution in [2.24, 2.45) is 0 Å². The summed E-state index contributed by atoms with van der Waals surface area (Å²) < 4.78 is 5.69. The number of ether oxygens (including phenoxy) is 1. The van der Waals surface area contributed by atoms with E-state index in [1.807, 2.05) is 29.6 Å². The summed E-state index contributed by atoms with van der Waals surface area (Å²) in [6, 6.07) is 10.4. The van der Waals surface area contributed by atoms with E-state index in [4.69, 9.17) is 4.74 Å². The first-order valence-electron chi connectivity index (χ1n) is 11.4. The molecule has 3 heterocycles. The number of carbonyl (C=O) groups excluding carboxylic acids is 2. The Morgan fingerprint density at radius 1 is 1.12 bits per heavy atom. The van der Waals surface area contributed by atoms with Crippen molar-refractivity contribution in [1.82, 2.24) is 9.80 Å². The van der Waals surface area contributed by atoms with E-state index in [1.165, 1.54) is 30.6 Å². The van der Waals surface area contributed by atoms with Crippen molar-refractivity contribution in [2.45, 2.75) is 38.6 Å². The average molecular weight is 455 g/mol. The van der Waals surface area contributed by atoms with Gasteiger partial charge in [-0.05, 0) is 61.5 Å². The van der Waals surface area contributed by atoms with E-state index in [0.717, 1.165) is 37.4 Å². The Balaban J connectivity index is 1.63. The molecule has 1 N–H and O–H groups in total. The number of hydrogen-bond acceptors (Lipinski definition) is 6. The van der Waals surface area contributed by atoms with E-state index in [0.29, 0.717) is 18.0 Å². The molecule has 7 heteroatoms. The molecule has 1 fully saturated rings. The standard InChI is InChI=1S/C25H30N2O4S/c1-2-16-31-19-10-8-18(9-11-19)22-21(23(28)20-7-6-17-32-20)24(29)25(30)27(22)15-14-26-12-4-3-5-13-26/h6-11,17,22,29H,2-5,12-16H2,1H3. The lowest BCUT2D eigenvalue weighted by Crippen LogP contribution is -2.40. The number of thiophene rings is 1. The molecule has 170 valence electrons. The molecule has 1 aromatic heterocycles. The maximum atomic E-state index is 13.3. The van der Waals surface area contributed by atoms with Crippen LogP contribution in [0.5, 0.6) is 5.75 Å². The Morgan fingerprint density at radius 3 is 2.53 bits per heavy atom. The minimum Gasteiger partial charge on any atom is -0.503 e. The molecular formula is C25H30N2O4S. The predicted octanol–water partition coefficient (Wildman–Crippen LogP) is 4.60. The topological polar surface area (TPSA) is 70.1 Å². The van der Waals surface area contributed by atoms with E-state index in [2.05, 4.69) is 11.8 Å². The molecule has 1 unspecified atom stereocenters. The van der Waals surface area contributed by atoms with Gasteiger partial charge >= 0.3 is 0 Å². The van der Waals surface area contributed by atoms with Crippen LogP contribution in [-0.2, 0) is 4.79 Å². The summed E-state index contributed by atoms with van der Waals surface area (Å²) in [5.41, 5.74) is 0.961. The van der Waals surface area contributed by atoms with E-state index in [1.54, 1.807) is 17.0 Å². The number of likely N-dealkylation sites (tertiary alicyclic amines) is 1. The van der Waals surface area contributed by atoms with E-state index in [9.17, 15) is 14.7 Å². The van der Waals surface area contributed by atoms with Gasteiger partial charge in [0.1, 0.15) is 5.75 Å². The fourth-order valence-electron chi connectivity index (χ4n) is 4.40. The number of Topliss-reactive ketones (excluding diaryl/α,β-unsaturated/α-hetero) is 1. The number of aliphatic hydroxyl groups excluding tert-OH is 1. The van der Waals surface area contributed by atoms with E-state index in [-0.39, 0.29) is 11.4 Å². The molecule has 0 radical (unpaired) electrons. The van der Waals surface area contributed by atoms with Gasteiger partial charge in [0.2, 0.25) is 5.78 Å². The molecule has 6 nitrogen and oxygen atoms in total. The first-order valence-corrected chi connectivity index (χ1v) is 12.3. The molecule has 2 aliphatic rings. The van der Waals surface area contributed by atoms with Crippen LogP contribution in [0.2, 0.25) is 0 Å². The maximum Gasteiger partial charge on any atom is 0.290 e. The van der Waals surface area contributed by atoms with Gasteiger partial charge in [-0.25, -0.2) is 0 Å². The Morgan fingerprint density at radius 2 is 1.88 bits per heavy atom. The van der Waals surface area contributed by atoms with Gasteiger partial charge in [0, 0.05) is 13.1 Å². The highest BCUT2D eigenvalue weighted by molar-refractivity contribution is 7.12. The first kappa shape index (κ1) is 22.6. The Hall–Kier alpha value is -2.64. The fraction of sp³-hybridized carbons (Fsp3) is 0.440. The Kier molecular flexibility index (Phi) is 7.27. The molecule has 1 atom stereocenters. The summed E-state index contributed by atoms with van der Waals surface area (Å²) in [4.78, 5) is 30.9. The molecule has 0 aliphatic carbocycles. The quantitative estimate of drug-likeness (QED) is 0.561. The van der Waals surface area contributed by atoms with Crippen LogP contribution in [-0.4, -0.2) is 59.4 Å². The third-order valence-electron chi connectivity index (χ3n) is 6.07. The van der Waals surface area contributed by atoms with E-state index < -0.39 is 17.7 Å². The molecule has 1 saturated heterocycles. The van der Waals surface area contributed by atoms with Crippen LogP contribution in [0.25, 0.3) is 0 Å². The summed E-state index contributed by atoms with van der Waals surface area (Å²) in [6.45, 7) is 5.92. The first-order chi connectivity index (χ1) is 15.6. The van der Waals surface area contributed by atoms with Gasteiger partial charge in [0.05, 0.1) is 23.1 Å². The number of carbonyl (C=O) groups is 2. The lowest BCUT2D eigenvalue weighted by Gasteiger charge is -2.31. The van der Waals surface area contributed by atoms with Crippen molar-refractivity contribution < 1.29 is 19.4 Å². The largest absolute Gasteiger partial charge is 0.503 e. The molecule has 0 saturated carbocycles. The second-order valence-corrected chi connectivity index (χ2v) is 9.24. The van der Waals surface area contributed by atoms with Crippen molar-refractivity contribution in [2.75, 3.05) is 32.8 Å². The van der Waals surface area contributed by atoms with Crippen LogP contribution in [0, 0.1) is 0 Å². The zero-order valence-electron chi connectivity index (χ0n) is 18.5. The summed E-state index contributed by atoms with van der Waals surface area (Å²) in [6.07, 6.45) is 4.50. The maximum absolute atomic E-state index is 13.3. The zero-order chi connectivity index (χ0) is 22.5. The predicted molar refractivity (Wildman–Crippen MR) is 125 cm³/mol. The molecule has 0 bridgehead atoms. The van der Waals surface area contributed by atoms with Crippen molar-refractivity contribution in [3.63, 3.8) is 0 Å². The van der Waals surface area contributed by atoms with Gasteiger partial charge in [-0.15, -0.1) is 11.3 Å². The SMILES string of the molecule is CCCOc1ccc(C2C(C(=O)c3cccs3)=C(O)C(=O)N2CCN2CCCCC2)cc1. The lowest BCUT2D eigenvalue weighted by molar-refractivity contribution is -0.129. The molecular weight excluding hydrogens is 424 g/mol. The molecule has 0 spiro atoms. The normalized spacial score (nSPS) is 19.6. The highest BCUT2D eigenvalue weighted by Gasteiger charge is 2.43. The van der Waals surface area contributed by atoms with Crippen LogP contribution in [0.15, 0.2) is 53.1 Å². The van der Waals surface area contributed by atoms with E-state index >= 15 is 0 Å². The van der Waals surface area contributed by atoms with Gasteiger partial charge in [-0.2, -0.15) is 0 Å². The van der Waals surface area contributed by atoms with Crippen LogP contribution >= 0.6 is 11.3 Å². The fourth-order valence-corrected chi connectivity index (χ4v) is 5.08. The molecule has 2 aromatic rings. The highest BCUT2D eigenvalue weighted by atomic mass is 32.1. The lowest BCUT2D eigenvalue weighted by atomic mass is 9.95. The van der Waals surface area contributed by atoms with Gasteiger partial charge in [0.15, 0.2) is 5.76 Å². The number of amides is 1. The van der Waals surface area contributed by atoms with Gasteiger partial charge in [-0.1, -0.05) is 31.5 Å². The molecule has 1 amide bonds. The van der Waals surface area contributed by atoms with Gasteiger partial charge < -0.3 is 19.6 Å². The average Bonchev–Trinajstić information content (AvgIpc) is 3.45. The third-order valence-corrected chi connectivity index (χ3v) is 6.94. The summed E-state index contributed by atoms with van der Waals surface area (Å²) >= 11 is 1.31. The Bertz CT molecular complexity index is 962. The van der Waals surface area contributed by atoms with Gasteiger partial charge in [-0.3, -0.25) is 9.59 Å². The number of hydrogen-bond donors (Lipinski definition) is 1. The Labute approximate surface area is 193 Å².